The first kappa shape index (κ1) is 20.1. The zero-order chi connectivity index (χ0) is 18.6. The van der Waals surface area contributed by atoms with E-state index in [1.54, 1.807) is 13.0 Å². The standard InChI is InChI=1S/C17H16Cl2N4O3.Li/c1-7-12(18)13(19)15(21-7)16(24)22-14-9-5-23(6-10(9)14)11-3-2-8(4-20-11)17(25)26;/h2-4,9-10,14,21H,5-6H2,1H3,(H,22,24)(H,25,26);/q;+1/p-1/t9-,10+,14?;. The molecule has 27 heavy (non-hydrogen) atoms. The number of aromatic nitrogens is 2. The maximum atomic E-state index is 12.4. The summed E-state index contributed by atoms with van der Waals surface area (Å²) >= 11 is 12.1. The summed E-state index contributed by atoms with van der Waals surface area (Å²) in [6, 6.07) is 3.26. The number of pyridine rings is 1. The molecule has 3 heterocycles. The van der Waals surface area contributed by atoms with Crippen molar-refractivity contribution in [3.63, 3.8) is 0 Å². The number of aromatic amines is 1. The van der Waals surface area contributed by atoms with Crippen LogP contribution < -0.4 is 34.2 Å². The van der Waals surface area contributed by atoms with Crippen LogP contribution in [0.1, 0.15) is 26.5 Å². The van der Waals surface area contributed by atoms with E-state index in [2.05, 4.69) is 20.2 Å². The Balaban J connectivity index is 0.00000210. The molecular formula is C17H15Cl2LiN4O3. The number of carbonyl (C=O) groups is 2. The van der Waals surface area contributed by atoms with Crippen molar-refractivity contribution in [2.45, 2.75) is 13.0 Å². The zero-order valence-electron chi connectivity index (χ0n) is 14.8. The Kier molecular flexibility index (Phi) is 5.51. The Morgan fingerprint density at radius 2 is 1.93 bits per heavy atom. The first-order valence-corrected chi connectivity index (χ1v) is 8.89. The number of amides is 1. The number of nitrogens with one attached hydrogen (secondary N) is 2. The number of fused-ring (bicyclic) bond motifs is 1. The van der Waals surface area contributed by atoms with Crippen molar-refractivity contribution in [1.29, 1.82) is 0 Å². The van der Waals surface area contributed by atoms with Crippen LogP contribution in [0.15, 0.2) is 18.3 Å². The van der Waals surface area contributed by atoms with E-state index < -0.39 is 5.97 Å². The molecule has 1 unspecified atom stereocenters. The monoisotopic (exact) mass is 400 g/mol. The van der Waals surface area contributed by atoms with Gasteiger partial charge in [-0.15, -0.1) is 0 Å². The molecule has 2 aromatic heterocycles. The van der Waals surface area contributed by atoms with Gasteiger partial charge in [0.1, 0.15) is 11.5 Å². The molecular weight excluding hydrogens is 386 g/mol. The van der Waals surface area contributed by atoms with Gasteiger partial charge in [-0.2, -0.15) is 0 Å². The van der Waals surface area contributed by atoms with Crippen molar-refractivity contribution in [2.24, 2.45) is 11.8 Å². The number of nitrogens with zero attached hydrogens (tertiary/aromatic N) is 2. The van der Waals surface area contributed by atoms with E-state index in [0.29, 0.717) is 22.6 Å². The molecule has 4 rings (SSSR count). The minimum Gasteiger partial charge on any atom is -0.545 e. The van der Waals surface area contributed by atoms with Crippen molar-refractivity contribution in [1.82, 2.24) is 15.3 Å². The fourth-order valence-electron chi connectivity index (χ4n) is 3.57. The maximum absolute atomic E-state index is 12.4. The second kappa shape index (κ2) is 7.40. The van der Waals surface area contributed by atoms with E-state index in [9.17, 15) is 14.7 Å². The first-order valence-electron chi connectivity index (χ1n) is 8.13. The molecule has 1 aliphatic heterocycles. The molecule has 0 radical (unpaired) electrons. The minimum absolute atomic E-state index is 0. The molecule has 0 bridgehead atoms. The summed E-state index contributed by atoms with van der Waals surface area (Å²) in [5.74, 6) is -0.0948. The van der Waals surface area contributed by atoms with Crippen LogP contribution in [0, 0.1) is 18.8 Å². The Labute approximate surface area is 177 Å². The SMILES string of the molecule is Cc1[nH]c(C(=O)NC2[C@H]3CN(c4ccc(C(=O)[O-])cn4)C[C@@H]23)c(Cl)c1Cl.[Li+]. The van der Waals surface area contributed by atoms with Crippen LogP contribution in [0.3, 0.4) is 0 Å². The molecule has 2 aliphatic rings. The number of hydrogen-bond acceptors (Lipinski definition) is 5. The Hall–Kier alpha value is -1.65. The topological polar surface area (TPSA) is 101 Å². The summed E-state index contributed by atoms with van der Waals surface area (Å²) in [5, 5.41) is 14.4. The normalized spacial score (nSPS) is 22.8. The quantitative estimate of drug-likeness (QED) is 0.593. The average molecular weight is 401 g/mol. The summed E-state index contributed by atoms with van der Waals surface area (Å²) in [4.78, 5) is 32.3. The fraction of sp³-hybridized carbons (Fsp3) is 0.353. The van der Waals surface area contributed by atoms with Gasteiger partial charge in [0, 0.05) is 48.4 Å². The molecule has 0 spiro atoms. The number of aryl methyl sites for hydroxylation is 1. The van der Waals surface area contributed by atoms with Crippen LogP contribution in [0.5, 0.6) is 0 Å². The number of anilines is 1. The van der Waals surface area contributed by atoms with Gasteiger partial charge in [-0.05, 0) is 19.1 Å². The molecule has 2 aromatic rings. The van der Waals surface area contributed by atoms with Crippen LogP contribution in [0.2, 0.25) is 10.0 Å². The van der Waals surface area contributed by atoms with E-state index in [1.165, 1.54) is 12.3 Å². The van der Waals surface area contributed by atoms with Gasteiger partial charge in [0.05, 0.1) is 16.0 Å². The number of carbonyl (C=O) groups excluding carboxylic acids is 2. The Bertz CT molecular complexity index is 890. The van der Waals surface area contributed by atoms with Gasteiger partial charge in [0.25, 0.3) is 5.91 Å². The van der Waals surface area contributed by atoms with Gasteiger partial charge in [0.15, 0.2) is 0 Å². The van der Waals surface area contributed by atoms with Gasteiger partial charge in [-0.1, -0.05) is 23.2 Å². The van der Waals surface area contributed by atoms with E-state index in [0.717, 1.165) is 18.9 Å². The van der Waals surface area contributed by atoms with Crippen LogP contribution in [-0.4, -0.2) is 41.0 Å². The molecule has 1 aliphatic carbocycles. The summed E-state index contributed by atoms with van der Waals surface area (Å²) in [7, 11) is 0. The van der Waals surface area contributed by atoms with Gasteiger partial charge >= 0.3 is 18.9 Å². The van der Waals surface area contributed by atoms with Gasteiger partial charge in [-0.25, -0.2) is 4.98 Å². The number of carboxylic acids is 1. The molecule has 2 N–H and O–H groups in total. The van der Waals surface area contributed by atoms with E-state index in [1.807, 2.05) is 0 Å². The van der Waals surface area contributed by atoms with Crippen molar-refractivity contribution >= 4 is 40.9 Å². The molecule has 3 atom stereocenters. The molecule has 1 saturated carbocycles. The van der Waals surface area contributed by atoms with Crippen molar-refractivity contribution < 1.29 is 33.6 Å². The maximum Gasteiger partial charge on any atom is 1.00 e. The number of rotatable bonds is 4. The van der Waals surface area contributed by atoms with Crippen LogP contribution in [0.25, 0.3) is 0 Å². The number of aromatic carboxylic acids is 1. The van der Waals surface area contributed by atoms with Crippen molar-refractivity contribution in [3.8, 4) is 0 Å². The summed E-state index contributed by atoms with van der Waals surface area (Å²) in [6.07, 6.45) is 1.30. The fourth-order valence-corrected chi connectivity index (χ4v) is 3.99. The number of halogens is 2. The molecule has 1 saturated heterocycles. The third-order valence-corrected chi connectivity index (χ3v) is 6.03. The predicted octanol–water partition coefficient (Wildman–Crippen LogP) is -1.74. The predicted molar refractivity (Wildman–Crippen MR) is 94.6 cm³/mol. The van der Waals surface area contributed by atoms with E-state index in [-0.39, 0.29) is 47.1 Å². The largest absolute Gasteiger partial charge is 1.00 e. The number of carboxylic acid groups (broad SMARTS) is 1. The number of H-pyrrole nitrogens is 1. The third kappa shape index (κ3) is 3.57. The number of hydrogen-bond donors (Lipinski definition) is 2. The van der Waals surface area contributed by atoms with Gasteiger partial charge < -0.3 is 25.1 Å². The molecule has 136 valence electrons. The van der Waals surface area contributed by atoms with E-state index in [4.69, 9.17) is 23.2 Å². The minimum atomic E-state index is -1.24. The molecule has 2 fully saturated rings. The van der Waals surface area contributed by atoms with Gasteiger partial charge in [0.2, 0.25) is 0 Å². The van der Waals surface area contributed by atoms with Gasteiger partial charge in [-0.3, -0.25) is 4.79 Å². The molecule has 7 nitrogen and oxygen atoms in total. The second-order valence-electron chi connectivity index (χ2n) is 6.68. The third-order valence-electron chi connectivity index (χ3n) is 5.08. The number of piperidine rings is 1. The zero-order valence-corrected chi connectivity index (χ0v) is 16.3. The molecule has 10 heteroatoms. The summed E-state index contributed by atoms with van der Waals surface area (Å²) < 4.78 is 0. The van der Waals surface area contributed by atoms with Crippen LogP contribution in [0.4, 0.5) is 5.82 Å². The summed E-state index contributed by atoms with van der Waals surface area (Å²) in [6.45, 7) is 3.27. The summed E-state index contributed by atoms with van der Waals surface area (Å²) in [5.41, 5.74) is 1.01. The smallest absolute Gasteiger partial charge is 0.545 e. The molecule has 0 aromatic carbocycles. The average Bonchev–Trinajstić information content (AvgIpc) is 2.95. The second-order valence-corrected chi connectivity index (χ2v) is 7.43. The van der Waals surface area contributed by atoms with Crippen molar-refractivity contribution in [3.05, 3.63) is 45.3 Å². The Morgan fingerprint density at radius 3 is 2.41 bits per heavy atom. The van der Waals surface area contributed by atoms with Crippen LogP contribution >= 0.6 is 23.2 Å². The van der Waals surface area contributed by atoms with Crippen molar-refractivity contribution in [2.75, 3.05) is 18.0 Å². The van der Waals surface area contributed by atoms with E-state index >= 15 is 0 Å². The van der Waals surface area contributed by atoms with Crippen LogP contribution in [-0.2, 0) is 0 Å². The Morgan fingerprint density at radius 1 is 1.26 bits per heavy atom. The molecule has 1 amide bonds. The first-order chi connectivity index (χ1) is 12.4.